The Morgan fingerprint density at radius 1 is 1.08 bits per heavy atom. The molecule has 0 aromatic rings. The van der Waals surface area contributed by atoms with Crippen molar-refractivity contribution in [3.8, 4) is 0 Å². The number of carbonyl (C=O) groups is 1. The van der Waals surface area contributed by atoms with Gasteiger partial charge in [0.1, 0.15) is 6.29 Å². The standard InChI is InChI=1S/C12H24O/c1-3-12(2)10-8-6-4-5-7-9-11-13/h11-12H,3-10H2,1-2H3/t12-/m1/s1. The third-order valence-corrected chi connectivity index (χ3v) is 2.72. The Morgan fingerprint density at radius 3 is 2.31 bits per heavy atom. The van der Waals surface area contributed by atoms with E-state index in [0.717, 1.165) is 25.0 Å². The van der Waals surface area contributed by atoms with Crippen molar-refractivity contribution in [3.05, 3.63) is 0 Å². The van der Waals surface area contributed by atoms with E-state index in [1.54, 1.807) is 0 Å². The Kier molecular flexibility index (Phi) is 9.51. The molecule has 1 nitrogen and oxygen atoms in total. The minimum atomic E-state index is 0.755. The fourth-order valence-corrected chi connectivity index (χ4v) is 1.45. The van der Waals surface area contributed by atoms with Crippen LogP contribution in [0.4, 0.5) is 0 Å². The van der Waals surface area contributed by atoms with Gasteiger partial charge in [-0.2, -0.15) is 0 Å². The molecule has 0 bridgehead atoms. The molecule has 0 aromatic carbocycles. The lowest BCUT2D eigenvalue weighted by Crippen LogP contribution is -1.91. The number of aldehydes is 1. The van der Waals surface area contributed by atoms with Gasteiger partial charge in [-0.25, -0.2) is 0 Å². The Bertz CT molecular complexity index is 110. The van der Waals surface area contributed by atoms with Gasteiger partial charge < -0.3 is 4.79 Å². The van der Waals surface area contributed by atoms with E-state index < -0.39 is 0 Å². The molecule has 0 saturated heterocycles. The van der Waals surface area contributed by atoms with Gasteiger partial charge in [-0.3, -0.25) is 0 Å². The van der Waals surface area contributed by atoms with Crippen LogP contribution in [0.25, 0.3) is 0 Å². The maximum Gasteiger partial charge on any atom is 0.119 e. The summed E-state index contributed by atoms with van der Waals surface area (Å²) in [5, 5.41) is 0. The van der Waals surface area contributed by atoms with Crippen molar-refractivity contribution in [1.29, 1.82) is 0 Å². The zero-order valence-corrected chi connectivity index (χ0v) is 9.22. The van der Waals surface area contributed by atoms with E-state index in [2.05, 4.69) is 13.8 Å². The van der Waals surface area contributed by atoms with Crippen LogP contribution in [0.1, 0.15) is 65.2 Å². The highest BCUT2D eigenvalue weighted by Gasteiger charge is 1.97. The molecule has 0 heterocycles. The summed E-state index contributed by atoms with van der Waals surface area (Å²) < 4.78 is 0. The molecular weight excluding hydrogens is 160 g/mol. The highest BCUT2D eigenvalue weighted by atomic mass is 16.1. The smallest absolute Gasteiger partial charge is 0.119 e. The fourth-order valence-electron chi connectivity index (χ4n) is 1.45. The van der Waals surface area contributed by atoms with Gasteiger partial charge in [0.15, 0.2) is 0 Å². The SMILES string of the molecule is CC[C@@H](C)CCCCCCCC=O. The monoisotopic (exact) mass is 184 g/mol. The van der Waals surface area contributed by atoms with Crippen LogP contribution in [0.3, 0.4) is 0 Å². The second kappa shape index (κ2) is 9.76. The van der Waals surface area contributed by atoms with Crippen LogP contribution >= 0.6 is 0 Å². The summed E-state index contributed by atoms with van der Waals surface area (Å²) in [6.07, 6.45) is 10.8. The van der Waals surface area contributed by atoms with E-state index in [-0.39, 0.29) is 0 Å². The normalized spacial score (nSPS) is 12.8. The van der Waals surface area contributed by atoms with Gasteiger partial charge >= 0.3 is 0 Å². The molecule has 0 rings (SSSR count). The van der Waals surface area contributed by atoms with Crippen molar-refractivity contribution < 1.29 is 4.79 Å². The zero-order chi connectivity index (χ0) is 9.94. The predicted octanol–water partition coefficient (Wildman–Crippen LogP) is 3.96. The van der Waals surface area contributed by atoms with Crippen LogP contribution in [-0.4, -0.2) is 6.29 Å². The summed E-state index contributed by atoms with van der Waals surface area (Å²) in [4.78, 5) is 10.0. The second-order valence-corrected chi connectivity index (χ2v) is 4.03. The van der Waals surface area contributed by atoms with Gasteiger partial charge in [-0.15, -0.1) is 0 Å². The first kappa shape index (κ1) is 12.7. The van der Waals surface area contributed by atoms with Gasteiger partial charge in [0.25, 0.3) is 0 Å². The van der Waals surface area contributed by atoms with Crippen molar-refractivity contribution >= 4 is 6.29 Å². The number of hydrogen-bond donors (Lipinski definition) is 0. The fraction of sp³-hybridized carbons (Fsp3) is 0.917. The maximum atomic E-state index is 10.0. The van der Waals surface area contributed by atoms with Crippen molar-refractivity contribution in [2.24, 2.45) is 5.92 Å². The summed E-state index contributed by atoms with van der Waals surface area (Å²) in [5.41, 5.74) is 0. The van der Waals surface area contributed by atoms with E-state index in [1.807, 2.05) is 0 Å². The number of unbranched alkanes of at least 4 members (excludes halogenated alkanes) is 5. The van der Waals surface area contributed by atoms with E-state index >= 15 is 0 Å². The van der Waals surface area contributed by atoms with Crippen molar-refractivity contribution in [3.63, 3.8) is 0 Å². The molecule has 78 valence electrons. The van der Waals surface area contributed by atoms with E-state index in [1.165, 1.54) is 38.5 Å². The Balaban J connectivity index is 2.95. The molecule has 0 amide bonds. The van der Waals surface area contributed by atoms with Gasteiger partial charge in [0.05, 0.1) is 0 Å². The molecule has 0 aromatic heterocycles. The van der Waals surface area contributed by atoms with Crippen LogP contribution < -0.4 is 0 Å². The summed E-state index contributed by atoms with van der Waals surface area (Å²) in [6, 6.07) is 0. The molecule has 1 atom stereocenters. The molecule has 0 radical (unpaired) electrons. The Hall–Kier alpha value is -0.330. The minimum absolute atomic E-state index is 0.755. The average Bonchev–Trinajstić information content (AvgIpc) is 2.16. The van der Waals surface area contributed by atoms with E-state index in [0.29, 0.717) is 0 Å². The summed E-state index contributed by atoms with van der Waals surface area (Å²) in [5.74, 6) is 0.898. The van der Waals surface area contributed by atoms with Crippen LogP contribution in [0.5, 0.6) is 0 Å². The first-order valence-corrected chi connectivity index (χ1v) is 5.74. The topological polar surface area (TPSA) is 17.1 Å². The molecule has 0 aliphatic carbocycles. The molecule has 0 fully saturated rings. The first-order valence-electron chi connectivity index (χ1n) is 5.74. The van der Waals surface area contributed by atoms with Gasteiger partial charge in [0, 0.05) is 6.42 Å². The molecule has 0 aliphatic heterocycles. The highest BCUT2D eigenvalue weighted by Crippen LogP contribution is 2.13. The average molecular weight is 184 g/mol. The maximum absolute atomic E-state index is 10.0. The lowest BCUT2D eigenvalue weighted by molar-refractivity contribution is -0.107. The molecule has 0 spiro atoms. The molecule has 0 unspecified atom stereocenters. The number of carbonyl (C=O) groups excluding carboxylic acids is 1. The largest absolute Gasteiger partial charge is 0.303 e. The molecular formula is C12H24O. The molecule has 0 N–H and O–H groups in total. The van der Waals surface area contributed by atoms with Gasteiger partial charge in [-0.05, 0) is 12.3 Å². The lowest BCUT2D eigenvalue weighted by Gasteiger charge is -2.06. The predicted molar refractivity (Wildman–Crippen MR) is 57.8 cm³/mol. The molecule has 1 heteroatoms. The Morgan fingerprint density at radius 2 is 1.69 bits per heavy atom. The quantitative estimate of drug-likeness (QED) is 0.391. The number of rotatable bonds is 9. The third-order valence-electron chi connectivity index (χ3n) is 2.72. The van der Waals surface area contributed by atoms with Crippen LogP contribution in [0.15, 0.2) is 0 Å². The highest BCUT2D eigenvalue weighted by molar-refractivity contribution is 5.48. The van der Waals surface area contributed by atoms with Crippen LogP contribution in [0.2, 0.25) is 0 Å². The molecule has 0 saturated carbocycles. The Labute approximate surface area is 82.9 Å². The second-order valence-electron chi connectivity index (χ2n) is 4.03. The summed E-state index contributed by atoms with van der Waals surface area (Å²) in [6.45, 7) is 4.58. The minimum Gasteiger partial charge on any atom is -0.303 e. The first-order chi connectivity index (χ1) is 6.31. The van der Waals surface area contributed by atoms with E-state index in [9.17, 15) is 4.79 Å². The van der Waals surface area contributed by atoms with Crippen molar-refractivity contribution in [2.45, 2.75) is 65.2 Å². The molecule has 0 aliphatic rings. The molecule has 13 heavy (non-hydrogen) atoms. The summed E-state index contributed by atoms with van der Waals surface area (Å²) in [7, 11) is 0. The number of hydrogen-bond acceptors (Lipinski definition) is 1. The van der Waals surface area contributed by atoms with Crippen molar-refractivity contribution in [2.75, 3.05) is 0 Å². The van der Waals surface area contributed by atoms with Gasteiger partial charge in [-0.1, -0.05) is 52.4 Å². The third kappa shape index (κ3) is 9.59. The van der Waals surface area contributed by atoms with Crippen molar-refractivity contribution in [1.82, 2.24) is 0 Å². The van der Waals surface area contributed by atoms with Crippen LogP contribution in [0, 0.1) is 5.92 Å². The summed E-state index contributed by atoms with van der Waals surface area (Å²) >= 11 is 0. The van der Waals surface area contributed by atoms with E-state index in [4.69, 9.17) is 0 Å². The zero-order valence-electron chi connectivity index (χ0n) is 9.22. The van der Waals surface area contributed by atoms with Gasteiger partial charge in [0.2, 0.25) is 0 Å². The lowest BCUT2D eigenvalue weighted by atomic mass is 10.00. The van der Waals surface area contributed by atoms with Crippen LogP contribution in [-0.2, 0) is 4.79 Å².